The fraction of sp³-hybridized carbons (Fsp3) is 0.444. The first-order valence-electron chi connectivity index (χ1n) is 8.15. The predicted octanol–water partition coefficient (Wildman–Crippen LogP) is 5.86. The molecule has 0 unspecified atom stereocenters. The Hall–Kier alpha value is -0.970. The molecule has 0 saturated carbocycles. The zero-order chi connectivity index (χ0) is 17.8. The van der Waals surface area contributed by atoms with Crippen LogP contribution in [0.3, 0.4) is 0 Å². The number of carbonyl (C=O) groups excluding carboxylic acids is 2. The van der Waals surface area contributed by atoms with Crippen LogP contribution in [0.15, 0.2) is 29.7 Å². The average molecular weight is 388 g/mol. The summed E-state index contributed by atoms with van der Waals surface area (Å²) < 4.78 is 0. The Morgan fingerprint density at radius 2 is 1.83 bits per heavy atom. The summed E-state index contributed by atoms with van der Waals surface area (Å²) in [5.74, 6) is -0.189. The van der Waals surface area contributed by atoms with Crippen molar-refractivity contribution in [2.24, 2.45) is 0 Å². The third-order valence-electron chi connectivity index (χ3n) is 3.38. The summed E-state index contributed by atoms with van der Waals surface area (Å²) in [6.07, 6.45) is 8.46. The van der Waals surface area contributed by atoms with Gasteiger partial charge in [0.05, 0.1) is 5.02 Å². The molecule has 0 aliphatic carbocycles. The first-order chi connectivity index (χ1) is 11.5. The summed E-state index contributed by atoms with van der Waals surface area (Å²) >= 11 is 12.7. The molecule has 24 heavy (non-hydrogen) atoms. The van der Waals surface area contributed by atoms with Crippen LogP contribution in [-0.4, -0.2) is 17.6 Å². The summed E-state index contributed by atoms with van der Waals surface area (Å²) in [4.78, 5) is 23.6. The van der Waals surface area contributed by atoms with Gasteiger partial charge in [0.1, 0.15) is 0 Å². The van der Waals surface area contributed by atoms with Crippen molar-refractivity contribution in [2.45, 2.75) is 45.4 Å². The molecule has 0 aromatic heterocycles. The van der Waals surface area contributed by atoms with E-state index in [0.29, 0.717) is 22.2 Å². The van der Waals surface area contributed by atoms with Gasteiger partial charge in [0, 0.05) is 23.2 Å². The lowest BCUT2D eigenvalue weighted by Gasteiger charge is -2.03. The minimum Gasteiger partial charge on any atom is -0.353 e. The maximum atomic E-state index is 12.0. The molecule has 1 aromatic carbocycles. The van der Waals surface area contributed by atoms with E-state index >= 15 is 0 Å². The summed E-state index contributed by atoms with van der Waals surface area (Å²) in [5, 5.41) is 4.85. The molecule has 1 N–H and O–H groups in total. The van der Waals surface area contributed by atoms with Crippen LogP contribution in [0.2, 0.25) is 10.0 Å². The molecule has 0 aliphatic heterocycles. The molecule has 0 fully saturated rings. The first-order valence-corrected chi connectivity index (χ1v) is 9.78. The molecule has 0 aliphatic rings. The quantitative estimate of drug-likeness (QED) is 0.404. The van der Waals surface area contributed by atoms with Crippen LogP contribution in [0, 0.1) is 0 Å². The number of nitrogens with one attached hydrogen (secondary N) is 1. The van der Waals surface area contributed by atoms with Crippen LogP contribution < -0.4 is 5.32 Å². The number of unbranched alkanes of at least 4 members (excludes halogenated alkanes) is 5. The Morgan fingerprint density at radius 1 is 1.12 bits per heavy atom. The van der Waals surface area contributed by atoms with Gasteiger partial charge in [-0.2, -0.15) is 0 Å². The Kier molecular flexibility index (Phi) is 10.9. The Labute approximate surface area is 158 Å². The third kappa shape index (κ3) is 8.76. The third-order valence-corrected chi connectivity index (χ3v) is 4.63. The van der Waals surface area contributed by atoms with E-state index in [-0.39, 0.29) is 11.0 Å². The van der Waals surface area contributed by atoms with E-state index in [0.717, 1.165) is 24.6 Å². The largest absolute Gasteiger partial charge is 0.353 e. The number of halogens is 2. The highest BCUT2D eigenvalue weighted by Gasteiger charge is 2.10. The number of hydrogen-bond acceptors (Lipinski definition) is 3. The van der Waals surface area contributed by atoms with Gasteiger partial charge in [-0.25, -0.2) is 0 Å². The topological polar surface area (TPSA) is 46.2 Å². The molecule has 0 atom stereocenters. The van der Waals surface area contributed by atoms with Crippen molar-refractivity contribution < 1.29 is 9.59 Å². The average Bonchev–Trinajstić information content (AvgIpc) is 2.53. The van der Waals surface area contributed by atoms with Crippen LogP contribution in [0.25, 0.3) is 0 Å². The SMILES string of the molecule is CCCCCCCCNC(=O)/C=C\SC(=O)c1ccc(Cl)cc1Cl. The van der Waals surface area contributed by atoms with Crippen molar-refractivity contribution in [3.63, 3.8) is 0 Å². The van der Waals surface area contributed by atoms with Gasteiger partial charge in [0.2, 0.25) is 11.0 Å². The minimum atomic E-state index is -0.225. The zero-order valence-corrected chi connectivity index (χ0v) is 16.1. The van der Waals surface area contributed by atoms with Gasteiger partial charge in [0.15, 0.2) is 0 Å². The summed E-state index contributed by atoms with van der Waals surface area (Å²) in [6.45, 7) is 2.85. The van der Waals surface area contributed by atoms with E-state index in [9.17, 15) is 9.59 Å². The minimum absolute atomic E-state index is 0.189. The summed E-state index contributed by atoms with van der Waals surface area (Å²) in [6, 6.07) is 4.71. The number of thioether (sulfide) groups is 1. The highest BCUT2D eigenvalue weighted by Crippen LogP contribution is 2.25. The lowest BCUT2D eigenvalue weighted by atomic mass is 10.1. The van der Waals surface area contributed by atoms with E-state index in [1.165, 1.54) is 43.2 Å². The Balaban J connectivity index is 2.23. The van der Waals surface area contributed by atoms with Crippen molar-refractivity contribution in [1.29, 1.82) is 0 Å². The fourth-order valence-corrected chi connectivity index (χ4v) is 3.22. The van der Waals surface area contributed by atoms with Crippen molar-refractivity contribution in [1.82, 2.24) is 5.32 Å². The number of benzene rings is 1. The van der Waals surface area contributed by atoms with Crippen molar-refractivity contribution in [3.05, 3.63) is 45.3 Å². The van der Waals surface area contributed by atoms with Gasteiger partial charge in [-0.05, 0) is 30.0 Å². The maximum Gasteiger partial charge on any atom is 0.244 e. The molecule has 0 bridgehead atoms. The second kappa shape index (κ2) is 12.4. The first kappa shape index (κ1) is 21.1. The zero-order valence-electron chi connectivity index (χ0n) is 13.8. The van der Waals surface area contributed by atoms with Gasteiger partial charge >= 0.3 is 0 Å². The van der Waals surface area contributed by atoms with Gasteiger partial charge in [0.25, 0.3) is 0 Å². The summed E-state index contributed by atoms with van der Waals surface area (Å²) in [5.41, 5.74) is 0.378. The normalized spacial score (nSPS) is 11.0. The molecule has 0 spiro atoms. The van der Waals surface area contributed by atoms with E-state index in [2.05, 4.69) is 12.2 Å². The molecule has 3 nitrogen and oxygen atoms in total. The summed E-state index contributed by atoms with van der Waals surface area (Å²) in [7, 11) is 0. The second-order valence-electron chi connectivity index (χ2n) is 5.39. The molecule has 6 heteroatoms. The molecule has 0 radical (unpaired) electrons. The van der Waals surface area contributed by atoms with Crippen LogP contribution in [0.4, 0.5) is 0 Å². The number of hydrogen-bond donors (Lipinski definition) is 1. The van der Waals surface area contributed by atoms with Crippen LogP contribution in [0.5, 0.6) is 0 Å². The number of rotatable bonds is 10. The maximum absolute atomic E-state index is 12.0. The monoisotopic (exact) mass is 387 g/mol. The van der Waals surface area contributed by atoms with Crippen molar-refractivity contribution >= 4 is 46.0 Å². The standard InChI is InChI=1S/C18H23Cl2NO2S/c1-2-3-4-5-6-7-11-21-17(22)10-12-24-18(23)15-9-8-14(19)13-16(15)20/h8-10,12-13H,2-7,11H2,1H3,(H,21,22)/b12-10-. The van der Waals surface area contributed by atoms with Gasteiger partial charge < -0.3 is 5.32 Å². The molecular formula is C18H23Cl2NO2S. The Morgan fingerprint density at radius 3 is 2.54 bits per heavy atom. The Bertz CT molecular complexity index is 576. The molecule has 132 valence electrons. The fourth-order valence-electron chi connectivity index (χ4n) is 2.05. The highest BCUT2D eigenvalue weighted by atomic mass is 35.5. The van der Waals surface area contributed by atoms with Crippen LogP contribution in [-0.2, 0) is 4.79 Å². The lowest BCUT2D eigenvalue weighted by Crippen LogP contribution is -2.21. The van der Waals surface area contributed by atoms with E-state index < -0.39 is 0 Å². The van der Waals surface area contributed by atoms with Crippen LogP contribution >= 0.6 is 35.0 Å². The lowest BCUT2D eigenvalue weighted by molar-refractivity contribution is -0.116. The van der Waals surface area contributed by atoms with E-state index in [1.807, 2.05) is 0 Å². The molecule has 1 amide bonds. The van der Waals surface area contributed by atoms with Gasteiger partial charge in [-0.15, -0.1) is 0 Å². The molecule has 1 aromatic rings. The van der Waals surface area contributed by atoms with Crippen molar-refractivity contribution in [2.75, 3.05) is 6.54 Å². The number of carbonyl (C=O) groups is 2. The molecular weight excluding hydrogens is 365 g/mol. The highest BCUT2D eigenvalue weighted by molar-refractivity contribution is 8.16. The predicted molar refractivity (Wildman–Crippen MR) is 104 cm³/mol. The number of amides is 1. The van der Waals surface area contributed by atoms with Crippen LogP contribution in [0.1, 0.15) is 55.8 Å². The van der Waals surface area contributed by atoms with Gasteiger partial charge in [-0.3, -0.25) is 9.59 Å². The van der Waals surface area contributed by atoms with Crippen molar-refractivity contribution in [3.8, 4) is 0 Å². The van der Waals surface area contributed by atoms with E-state index in [1.54, 1.807) is 12.1 Å². The molecule has 0 heterocycles. The second-order valence-corrected chi connectivity index (χ2v) is 7.11. The van der Waals surface area contributed by atoms with Gasteiger partial charge in [-0.1, -0.05) is 74.0 Å². The molecule has 0 saturated heterocycles. The van der Waals surface area contributed by atoms with E-state index in [4.69, 9.17) is 23.2 Å². The smallest absolute Gasteiger partial charge is 0.244 e. The molecule has 1 rings (SSSR count).